The lowest BCUT2D eigenvalue weighted by Crippen LogP contribution is -2.58. The summed E-state index contributed by atoms with van der Waals surface area (Å²) in [7, 11) is 0. The maximum Gasteiger partial charge on any atom is 0.319 e. The summed E-state index contributed by atoms with van der Waals surface area (Å²) in [5.41, 5.74) is 6.81. The van der Waals surface area contributed by atoms with Crippen molar-refractivity contribution >= 4 is 66.7 Å². The highest BCUT2D eigenvalue weighted by atomic mass is 35.5. The van der Waals surface area contributed by atoms with E-state index in [1.807, 2.05) is 11.9 Å². The zero-order valence-corrected chi connectivity index (χ0v) is 29.6. The Morgan fingerprint density at radius 1 is 1.06 bits per heavy atom. The molecule has 1 saturated carbocycles. The molecule has 0 amide bonds. The van der Waals surface area contributed by atoms with E-state index in [4.69, 9.17) is 32.0 Å². The molecule has 0 unspecified atom stereocenters. The zero-order chi connectivity index (χ0) is 33.5. The van der Waals surface area contributed by atoms with E-state index in [1.165, 1.54) is 25.0 Å². The van der Waals surface area contributed by atoms with Gasteiger partial charge in [0.1, 0.15) is 34.8 Å². The molecule has 5 aliphatic rings. The van der Waals surface area contributed by atoms with Crippen molar-refractivity contribution in [2.45, 2.75) is 68.6 Å². The van der Waals surface area contributed by atoms with Crippen molar-refractivity contribution in [1.82, 2.24) is 19.2 Å². The minimum Gasteiger partial charge on any atom is -0.461 e. The van der Waals surface area contributed by atoms with Gasteiger partial charge < -0.3 is 15.4 Å². The van der Waals surface area contributed by atoms with E-state index in [1.54, 1.807) is 6.07 Å². The van der Waals surface area contributed by atoms with Gasteiger partial charge in [0.25, 0.3) is 0 Å². The molecule has 256 valence electrons. The largest absolute Gasteiger partial charge is 0.461 e. The highest BCUT2D eigenvalue weighted by Gasteiger charge is 2.47. The molecule has 0 atom stereocenters. The molecule has 1 spiro atoms. The first-order chi connectivity index (χ1) is 23.8. The van der Waals surface area contributed by atoms with Crippen LogP contribution < -0.4 is 15.4 Å². The van der Waals surface area contributed by atoms with Crippen LogP contribution in [0.5, 0.6) is 6.01 Å². The number of halogens is 3. The van der Waals surface area contributed by atoms with E-state index < -0.39 is 11.6 Å². The topological polar surface area (TPSA) is 94.5 Å². The second-order valence-electron chi connectivity index (χ2n) is 14.7. The fraction of sp³-hybridized carbons (Fsp3) is 0.528. The maximum absolute atomic E-state index is 17.2. The van der Waals surface area contributed by atoms with Crippen molar-refractivity contribution < 1.29 is 13.5 Å². The number of benzene rings is 2. The second-order valence-corrected chi connectivity index (χ2v) is 17.6. The number of nitrogens with two attached hydrogens (primary N) is 1. The van der Waals surface area contributed by atoms with Crippen LogP contribution in [-0.4, -0.2) is 75.8 Å². The minimum absolute atomic E-state index is 0.0320. The van der Waals surface area contributed by atoms with Crippen LogP contribution in [0, 0.1) is 28.4 Å². The Balaban J connectivity index is 1.16. The SMILES string of the molecule is N#Cc1c(N)sc2c(F)ccc(-c3c(Cl)cc4c(N5CCCCC6(CN(SC7CC7)C6)C5)nc(OCC56CCCN5CCC6)nc4c3F)c12. The molecule has 2 N–H and O–H groups in total. The molecule has 13 heteroatoms. The van der Waals surface area contributed by atoms with Gasteiger partial charge in [-0.05, 0) is 82.2 Å². The van der Waals surface area contributed by atoms with Gasteiger partial charge in [-0.3, -0.25) is 4.90 Å². The first-order valence-electron chi connectivity index (χ1n) is 17.4. The summed E-state index contributed by atoms with van der Waals surface area (Å²) >= 11 is 9.96. The van der Waals surface area contributed by atoms with E-state index in [0.717, 1.165) is 101 Å². The molecular weight excluding hydrogens is 684 g/mol. The van der Waals surface area contributed by atoms with Gasteiger partial charge in [0.15, 0.2) is 5.82 Å². The molecule has 4 saturated heterocycles. The van der Waals surface area contributed by atoms with E-state index in [-0.39, 0.29) is 53.7 Å². The van der Waals surface area contributed by atoms with E-state index in [2.05, 4.69) is 20.2 Å². The molecule has 2 aromatic heterocycles. The van der Waals surface area contributed by atoms with Crippen LogP contribution in [0.15, 0.2) is 18.2 Å². The fourth-order valence-electron chi connectivity index (χ4n) is 8.85. The predicted molar refractivity (Wildman–Crippen MR) is 193 cm³/mol. The van der Waals surface area contributed by atoms with E-state index >= 15 is 4.39 Å². The van der Waals surface area contributed by atoms with Crippen molar-refractivity contribution in [2.75, 3.05) is 56.5 Å². The number of nitrogens with zero attached hydrogens (tertiary/aromatic N) is 6. The first kappa shape index (κ1) is 32.0. The highest BCUT2D eigenvalue weighted by molar-refractivity contribution is 7.97. The van der Waals surface area contributed by atoms with Gasteiger partial charge in [0.2, 0.25) is 0 Å². The lowest BCUT2D eigenvalue weighted by Gasteiger charge is -2.51. The second kappa shape index (κ2) is 12.1. The number of hydrogen-bond acceptors (Lipinski definition) is 10. The van der Waals surface area contributed by atoms with Gasteiger partial charge >= 0.3 is 6.01 Å². The molecule has 4 aliphatic heterocycles. The summed E-state index contributed by atoms with van der Waals surface area (Å²) < 4.78 is 41.3. The number of anilines is 2. The molecule has 49 heavy (non-hydrogen) atoms. The predicted octanol–water partition coefficient (Wildman–Crippen LogP) is 8.01. The van der Waals surface area contributed by atoms with Crippen molar-refractivity contribution in [3.8, 4) is 23.2 Å². The van der Waals surface area contributed by atoms with E-state index in [9.17, 15) is 9.65 Å². The molecule has 2 aromatic carbocycles. The summed E-state index contributed by atoms with van der Waals surface area (Å²) in [5, 5.41) is 11.8. The van der Waals surface area contributed by atoms with Crippen LogP contribution in [0.3, 0.4) is 0 Å². The number of ether oxygens (including phenoxy) is 1. The third-order valence-electron chi connectivity index (χ3n) is 11.4. The summed E-state index contributed by atoms with van der Waals surface area (Å²) in [6, 6.07) is 6.71. The average Bonchev–Trinajstić information content (AvgIpc) is 3.60. The monoisotopic (exact) mass is 721 g/mol. The standard InChI is InChI=1S/C36H38ClF2N7OS2/c37-25-15-23-30(29(39)28(25)22-7-8-26(38)31-27(22)24(16-40)32(41)48-31)42-34(47-20-36-10-3-13-45(36)14-4-11-36)43-33(23)44-12-2-1-9-35(17-44)18-46(19-35)49-21-5-6-21/h7-8,15,21H,1-6,9-14,17-20,41H2. The molecule has 1 aliphatic carbocycles. The Bertz CT molecular complexity index is 2010. The summed E-state index contributed by atoms with van der Waals surface area (Å²) in [5.74, 6) is -0.544. The third kappa shape index (κ3) is 5.43. The lowest BCUT2D eigenvalue weighted by atomic mass is 9.77. The quantitative estimate of drug-likeness (QED) is 0.191. The Morgan fingerprint density at radius 2 is 1.86 bits per heavy atom. The smallest absolute Gasteiger partial charge is 0.319 e. The van der Waals surface area contributed by atoms with Crippen LogP contribution in [0.2, 0.25) is 5.02 Å². The molecular formula is C36H38ClF2N7OS2. The van der Waals surface area contributed by atoms with Gasteiger partial charge in [0.05, 0.1) is 20.8 Å². The van der Waals surface area contributed by atoms with Crippen molar-refractivity contribution in [1.29, 1.82) is 5.26 Å². The number of hydrogen-bond donors (Lipinski definition) is 1. The Morgan fingerprint density at radius 3 is 2.61 bits per heavy atom. The van der Waals surface area contributed by atoms with Crippen LogP contribution in [0.25, 0.3) is 32.1 Å². The van der Waals surface area contributed by atoms with Gasteiger partial charge in [-0.25, -0.2) is 13.1 Å². The third-order valence-corrected chi connectivity index (χ3v) is 14.0. The zero-order valence-electron chi connectivity index (χ0n) is 27.2. The average molecular weight is 722 g/mol. The first-order valence-corrected chi connectivity index (χ1v) is 19.4. The number of aromatic nitrogens is 2. The highest BCUT2D eigenvalue weighted by Crippen LogP contribution is 2.49. The van der Waals surface area contributed by atoms with Gasteiger partial charge in [-0.15, -0.1) is 11.3 Å². The normalized spacial score (nSPS) is 22.0. The van der Waals surface area contributed by atoms with Gasteiger partial charge in [-0.1, -0.05) is 36.0 Å². The van der Waals surface area contributed by atoms with E-state index in [0.29, 0.717) is 23.4 Å². The van der Waals surface area contributed by atoms with Gasteiger partial charge in [0, 0.05) is 53.2 Å². The molecule has 9 rings (SSSR count). The Hall–Kier alpha value is -2.95. The number of fused-ring (bicyclic) bond motifs is 3. The van der Waals surface area contributed by atoms with Crippen LogP contribution >= 0.6 is 34.9 Å². The van der Waals surface area contributed by atoms with Crippen molar-refractivity contribution in [2.24, 2.45) is 5.41 Å². The van der Waals surface area contributed by atoms with Crippen LogP contribution in [0.4, 0.5) is 19.6 Å². The summed E-state index contributed by atoms with van der Waals surface area (Å²) in [6.45, 7) is 6.28. The van der Waals surface area contributed by atoms with Crippen LogP contribution in [0.1, 0.15) is 63.4 Å². The molecule has 0 radical (unpaired) electrons. The molecule has 6 heterocycles. The molecule has 0 bridgehead atoms. The van der Waals surface area contributed by atoms with Gasteiger partial charge in [-0.2, -0.15) is 15.2 Å². The Kier molecular flexibility index (Phi) is 7.89. The molecule has 4 aromatic rings. The van der Waals surface area contributed by atoms with Crippen molar-refractivity contribution in [3.63, 3.8) is 0 Å². The summed E-state index contributed by atoms with van der Waals surface area (Å²) in [6.07, 6.45) is 10.3. The Labute approximate surface area is 297 Å². The van der Waals surface area contributed by atoms with Crippen molar-refractivity contribution in [3.05, 3.63) is 40.4 Å². The number of nitrogen functional groups attached to an aromatic ring is 1. The number of rotatable bonds is 7. The number of thiophene rings is 1. The lowest BCUT2D eigenvalue weighted by molar-refractivity contribution is 0.0801. The number of nitriles is 1. The molecule has 8 nitrogen and oxygen atoms in total. The fourth-order valence-corrected chi connectivity index (χ4v) is 11.6. The minimum atomic E-state index is -0.653. The maximum atomic E-state index is 17.2. The molecule has 5 fully saturated rings. The van der Waals surface area contributed by atoms with Crippen LogP contribution in [-0.2, 0) is 0 Å². The summed E-state index contributed by atoms with van der Waals surface area (Å²) in [4.78, 5) is 14.6.